The molecule has 0 unspecified atom stereocenters. The number of carbonyl (C=O) groups is 4. The number of aromatic nitrogens is 2. The summed E-state index contributed by atoms with van der Waals surface area (Å²) in [6, 6.07) is 8.04. The van der Waals surface area contributed by atoms with Gasteiger partial charge >= 0.3 is 23.9 Å². The summed E-state index contributed by atoms with van der Waals surface area (Å²) < 4.78 is 26.7. The van der Waals surface area contributed by atoms with Crippen molar-refractivity contribution in [2.45, 2.75) is 153 Å². The van der Waals surface area contributed by atoms with E-state index in [1.807, 2.05) is 12.1 Å². The van der Waals surface area contributed by atoms with Gasteiger partial charge in [0.15, 0.2) is 5.69 Å². The lowest BCUT2D eigenvalue weighted by atomic mass is 9.82. The molecular formula is C48H66N2O9. The second-order valence-corrected chi connectivity index (χ2v) is 15.1. The van der Waals surface area contributed by atoms with E-state index in [2.05, 4.69) is 47.1 Å². The Hall–Kier alpha value is -4.82. The smallest absolute Gasteiger partial charge is 0.391 e. The number of unbranched alkanes of at least 4 members (excludes halogenated alkanes) is 16. The second-order valence-electron chi connectivity index (χ2n) is 15.1. The molecule has 1 saturated carbocycles. The SMILES string of the molecule is C=CC(=O)OCCCCCCCCCCCOC(=O)c1cnc(OC(=O)C#Cc2ccc(C3CCC(OCCCCCCCCCCCOC(=O)C=C)CC3)cc2)cn1. The zero-order chi connectivity index (χ0) is 42.2. The fourth-order valence-electron chi connectivity index (χ4n) is 6.95. The number of hydrogen-bond acceptors (Lipinski definition) is 11. The Kier molecular flexibility index (Phi) is 25.6. The molecule has 3 rings (SSSR count). The summed E-state index contributed by atoms with van der Waals surface area (Å²) in [5, 5.41) is 0. The number of ether oxygens (including phenoxy) is 5. The van der Waals surface area contributed by atoms with Gasteiger partial charge in [-0.2, -0.15) is 0 Å². The molecule has 1 aliphatic rings. The molecule has 2 aromatic rings. The standard InChI is InChI=1S/C48H66N2O9/c1-3-45(51)56-34-20-16-12-8-5-7-11-15-19-33-55-42-30-28-41(29-31-42)40-26-23-39(24-27-40)25-32-47(53)59-44-38-49-43(37-50-44)48(54)58-36-22-18-14-10-6-9-13-17-21-35-57-46(52)4-2/h3-4,23-24,26-27,37-38,41-42H,1-2,5-22,28-31,33-36H2. The number of benzene rings is 1. The number of rotatable bonds is 30. The zero-order valence-corrected chi connectivity index (χ0v) is 35.1. The number of nitrogens with zero attached hydrogens (tertiary/aromatic N) is 2. The van der Waals surface area contributed by atoms with Crippen LogP contribution in [0.25, 0.3) is 0 Å². The highest BCUT2D eigenvalue weighted by atomic mass is 16.5. The summed E-state index contributed by atoms with van der Waals surface area (Å²) in [5.41, 5.74) is 2.04. The fraction of sp³-hybridized carbons (Fsp3) is 0.583. The van der Waals surface area contributed by atoms with Crippen LogP contribution in [0.4, 0.5) is 0 Å². The summed E-state index contributed by atoms with van der Waals surface area (Å²) in [4.78, 5) is 54.8. The Morgan fingerprint density at radius 2 is 1.07 bits per heavy atom. The molecule has 0 atom stereocenters. The van der Waals surface area contributed by atoms with E-state index >= 15 is 0 Å². The number of hydrogen-bond donors (Lipinski definition) is 0. The molecule has 1 fully saturated rings. The molecule has 1 aromatic carbocycles. The molecule has 0 saturated heterocycles. The van der Waals surface area contributed by atoms with E-state index in [0.29, 0.717) is 37.4 Å². The van der Waals surface area contributed by atoms with E-state index in [1.54, 1.807) is 0 Å². The van der Waals surface area contributed by atoms with Crippen molar-refractivity contribution in [2.75, 3.05) is 26.4 Å². The molecule has 0 N–H and O–H groups in total. The molecule has 0 radical (unpaired) electrons. The van der Waals surface area contributed by atoms with E-state index in [4.69, 9.17) is 23.7 Å². The van der Waals surface area contributed by atoms with E-state index in [1.165, 1.54) is 68.6 Å². The lowest BCUT2D eigenvalue weighted by Gasteiger charge is -2.29. The first-order valence-electron chi connectivity index (χ1n) is 21.9. The van der Waals surface area contributed by atoms with Gasteiger partial charge < -0.3 is 23.7 Å². The van der Waals surface area contributed by atoms with Gasteiger partial charge in [0.05, 0.1) is 38.3 Å². The third-order valence-corrected chi connectivity index (χ3v) is 10.4. The van der Waals surface area contributed by atoms with Crippen LogP contribution in [0.2, 0.25) is 0 Å². The van der Waals surface area contributed by atoms with Crippen LogP contribution in [0, 0.1) is 11.8 Å². The van der Waals surface area contributed by atoms with Crippen molar-refractivity contribution in [3.05, 3.63) is 78.8 Å². The first kappa shape index (κ1) is 48.5. The molecule has 1 aromatic heterocycles. The van der Waals surface area contributed by atoms with Gasteiger partial charge in [-0.1, -0.05) is 121 Å². The van der Waals surface area contributed by atoms with Crippen molar-refractivity contribution in [3.8, 4) is 17.7 Å². The highest BCUT2D eigenvalue weighted by Crippen LogP contribution is 2.34. The van der Waals surface area contributed by atoms with Crippen LogP contribution < -0.4 is 4.74 Å². The van der Waals surface area contributed by atoms with E-state index in [0.717, 1.165) is 109 Å². The first-order chi connectivity index (χ1) is 28.9. The van der Waals surface area contributed by atoms with Crippen LogP contribution in [0.15, 0.2) is 62.0 Å². The monoisotopic (exact) mass is 814 g/mol. The molecule has 1 heterocycles. The molecule has 11 heteroatoms. The first-order valence-corrected chi connectivity index (χ1v) is 21.9. The molecule has 0 bridgehead atoms. The molecule has 0 spiro atoms. The van der Waals surface area contributed by atoms with Crippen LogP contribution in [0.1, 0.15) is 169 Å². The van der Waals surface area contributed by atoms with Crippen molar-refractivity contribution < 1.29 is 42.9 Å². The maximum absolute atomic E-state index is 12.3. The summed E-state index contributed by atoms with van der Waals surface area (Å²) in [5.74, 6) is 3.76. The maximum atomic E-state index is 12.3. The van der Waals surface area contributed by atoms with Gasteiger partial charge in [0.25, 0.3) is 0 Å². The normalized spacial score (nSPS) is 14.6. The summed E-state index contributed by atoms with van der Waals surface area (Å²) in [6.07, 6.45) is 29.4. The van der Waals surface area contributed by atoms with Gasteiger partial charge in [-0.05, 0) is 75.0 Å². The Balaban J connectivity index is 1.18. The molecule has 322 valence electrons. The van der Waals surface area contributed by atoms with E-state index in [-0.39, 0.29) is 23.5 Å². The number of carbonyl (C=O) groups excluding carboxylic acids is 4. The van der Waals surface area contributed by atoms with Crippen LogP contribution in [-0.4, -0.2) is 66.4 Å². The molecule has 0 aliphatic heterocycles. The van der Waals surface area contributed by atoms with Crippen molar-refractivity contribution in [1.82, 2.24) is 9.97 Å². The van der Waals surface area contributed by atoms with Crippen LogP contribution >= 0.6 is 0 Å². The van der Waals surface area contributed by atoms with Crippen LogP contribution in [0.3, 0.4) is 0 Å². The van der Waals surface area contributed by atoms with Crippen molar-refractivity contribution in [3.63, 3.8) is 0 Å². The average molecular weight is 815 g/mol. The van der Waals surface area contributed by atoms with Crippen molar-refractivity contribution >= 4 is 23.9 Å². The Morgan fingerprint density at radius 1 is 0.593 bits per heavy atom. The predicted octanol–water partition coefficient (Wildman–Crippen LogP) is 10.1. The molecule has 0 amide bonds. The van der Waals surface area contributed by atoms with Crippen LogP contribution in [0.5, 0.6) is 5.88 Å². The van der Waals surface area contributed by atoms with Gasteiger partial charge in [-0.25, -0.2) is 29.1 Å². The lowest BCUT2D eigenvalue weighted by molar-refractivity contribution is -0.138. The summed E-state index contributed by atoms with van der Waals surface area (Å²) in [6.45, 7) is 8.86. The topological polar surface area (TPSA) is 140 Å². The predicted molar refractivity (Wildman–Crippen MR) is 228 cm³/mol. The third kappa shape index (κ3) is 22.8. The maximum Gasteiger partial charge on any atom is 0.391 e. The Labute approximate surface area is 352 Å². The van der Waals surface area contributed by atoms with E-state index < -0.39 is 11.9 Å². The Bertz CT molecular complexity index is 1590. The highest BCUT2D eigenvalue weighted by Gasteiger charge is 2.22. The quantitative estimate of drug-likeness (QED) is 0.0245. The molecular weight excluding hydrogens is 749 g/mol. The molecule has 59 heavy (non-hydrogen) atoms. The second kappa shape index (κ2) is 31.1. The zero-order valence-electron chi connectivity index (χ0n) is 35.1. The average Bonchev–Trinajstić information content (AvgIpc) is 3.26. The van der Waals surface area contributed by atoms with Crippen LogP contribution in [-0.2, 0) is 33.3 Å². The van der Waals surface area contributed by atoms with Gasteiger partial charge in [0, 0.05) is 30.2 Å². The van der Waals surface area contributed by atoms with Gasteiger partial charge in [0.1, 0.15) is 0 Å². The largest absolute Gasteiger partial charge is 0.463 e. The summed E-state index contributed by atoms with van der Waals surface area (Å²) in [7, 11) is 0. The minimum atomic E-state index is -0.766. The molecule has 1 aliphatic carbocycles. The minimum absolute atomic E-state index is 0.0425. The minimum Gasteiger partial charge on any atom is -0.463 e. The lowest BCUT2D eigenvalue weighted by Crippen LogP contribution is -2.21. The Morgan fingerprint density at radius 3 is 1.54 bits per heavy atom. The third-order valence-electron chi connectivity index (χ3n) is 10.4. The van der Waals surface area contributed by atoms with Crippen molar-refractivity contribution in [1.29, 1.82) is 0 Å². The van der Waals surface area contributed by atoms with E-state index in [9.17, 15) is 19.2 Å². The molecule has 11 nitrogen and oxygen atoms in total. The van der Waals surface area contributed by atoms with Gasteiger partial charge in [-0.15, -0.1) is 0 Å². The van der Waals surface area contributed by atoms with Gasteiger partial charge in [0.2, 0.25) is 5.88 Å². The van der Waals surface area contributed by atoms with Gasteiger partial charge in [-0.3, -0.25) is 0 Å². The summed E-state index contributed by atoms with van der Waals surface area (Å²) >= 11 is 0. The fourth-order valence-corrected chi connectivity index (χ4v) is 6.95. The highest BCUT2D eigenvalue weighted by molar-refractivity contribution is 5.91. The number of esters is 4. The van der Waals surface area contributed by atoms with Crippen molar-refractivity contribution in [2.24, 2.45) is 0 Å².